The molecule has 0 fully saturated rings. The van der Waals surface area contributed by atoms with Crippen molar-refractivity contribution in [2.45, 2.75) is 47.1 Å². The molecule has 108 valence electrons. The minimum absolute atomic E-state index is 0.0989. The predicted molar refractivity (Wildman–Crippen MR) is 81.4 cm³/mol. The second-order valence-corrected chi connectivity index (χ2v) is 5.35. The third kappa shape index (κ3) is 2.96. The van der Waals surface area contributed by atoms with Crippen LogP contribution in [0.1, 0.15) is 48.4 Å². The molecule has 0 aliphatic heterocycles. The van der Waals surface area contributed by atoms with Gasteiger partial charge in [-0.05, 0) is 33.8 Å². The molecule has 1 atom stereocenters. The topological polar surface area (TPSA) is 51.0 Å². The number of hydrogen-bond donors (Lipinski definition) is 1. The molecule has 0 spiro atoms. The van der Waals surface area contributed by atoms with Crippen LogP contribution in [0, 0.1) is 20.8 Å². The van der Waals surface area contributed by atoms with E-state index in [1.54, 1.807) is 0 Å². The molecule has 2 aromatic rings. The lowest BCUT2D eigenvalue weighted by atomic mass is 10.1. The summed E-state index contributed by atoms with van der Waals surface area (Å²) >= 11 is 6.15. The van der Waals surface area contributed by atoms with Crippen LogP contribution in [0.25, 0.3) is 0 Å². The highest BCUT2D eigenvalue weighted by Gasteiger charge is 2.16. The molecule has 1 N–H and O–H groups in total. The fourth-order valence-corrected chi connectivity index (χ4v) is 2.38. The van der Waals surface area contributed by atoms with Crippen LogP contribution in [0.15, 0.2) is 10.5 Å². The molecular formula is C15H20ClN3O. The normalized spacial score (nSPS) is 12.5. The molecule has 0 bridgehead atoms. The highest BCUT2D eigenvalue weighted by molar-refractivity contribution is 6.30. The molecule has 4 nitrogen and oxygen atoms in total. The molecule has 0 amide bonds. The van der Waals surface area contributed by atoms with Crippen molar-refractivity contribution in [3.63, 3.8) is 0 Å². The fraction of sp³-hybridized carbons (Fsp3) is 0.467. The van der Waals surface area contributed by atoms with E-state index in [0.717, 1.165) is 40.7 Å². The van der Waals surface area contributed by atoms with Gasteiger partial charge in [-0.25, -0.2) is 9.97 Å². The van der Waals surface area contributed by atoms with Gasteiger partial charge in [-0.1, -0.05) is 18.5 Å². The molecule has 2 heterocycles. The lowest BCUT2D eigenvalue weighted by Gasteiger charge is -2.16. The number of nitrogens with one attached hydrogen (secondary N) is 1. The van der Waals surface area contributed by atoms with Gasteiger partial charge in [0.15, 0.2) is 0 Å². The Morgan fingerprint density at radius 2 is 2.00 bits per heavy atom. The number of hydrogen-bond acceptors (Lipinski definition) is 4. The quantitative estimate of drug-likeness (QED) is 0.850. The standard InChI is InChI=1S/C15H20ClN3O/c1-6-13-18-14(16)9(3)15(19-13)17-10(4)12-7-8(2)20-11(12)5/h7,10H,6H2,1-5H3,(H,17,18,19). The van der Waals surface area contributed by atoms with E-state index in [-0.39, 0.29) is 6.04 Å². The number of anilines is 1. The Hall–Kier alpha value is -1.55. The van der Waals surface area contributed by atoms with Gasteiger partial charge in [-0.2, -0.15) is 0 Å². The monoisotopic (exact) mass is 293 g/mol. The van der Waals surface area contributed by atoms with Gasteiger partial charge < -0.3 is 9.73 Å². The van der Waals surface area contributed by atoms with Crippen molar-refractivity contribution in [2.24, 2.45) is 0 Å². The van der Waals surface area contributed by atoms with Crippen LogP contribution >= 0.6 is 11.6 Å². The summed E-state index contributed by atoms with van der Waals surface area (Å²) in [5.41, 5.74) is 2.00. The Morgan fingerprint density at radius 1 is 1.30 bits per heavy atom. The molecular weight excluding hydrogens is 274 g/mol. The maximum atomic E-state index is 6.15. The maximum Gasteiger partial charge on any atom is 0.137 e. The summed E-state index contributed by atoms with van der Waals surface area (Å²) in [6.45, 7) is 9.93. The van der Waals surface area contributed by atoms with Crippen LogP contribution in [0.2, 0.25) is 5.15 Å². The van der Waals surface area contributed by atoms with Crippen molar-refractivity contribution >= 4 is 17.4 Å². The zero-order valence-electron chi connectivity index (χ0n) is 12.5. The van der Waals surface area contributed by atoms with Crippen LogP contribution < -0.4 is 5.32 Å². The van der Waals surface area contributed by atoms with Crippen molar-refractivity contribution in [3.05, 3.63) is 39.7 Å². The van der Waals surface area contributed by atoms with Crippen molar-refractivity contribution in [1.82, 2.24) is 9.97 Å². The predicted octanol–water partition coefficient (Wildman–Crippen LogP) is 4.38. The van der Waals surface area contributed by atoms with E-state index in [2.05, 4.69) is 22.2 Å². The van der Waals surface area contributed by atoms with Gasteiger partial charge in [-0.15, -0.1) is 0 Å². The molecule has 2 rings (SSSR count). The molecule has 0 aliphatic rings. The molecule has 0 aromatic carbocycles. The smallest absolute Gasteiger partial charge is 0.137 e. The minimum Gasteiger partial charge on any atom is -0.466 e. The molecule has 0 saturated heterocycles. The largest absolute Gasteiger partial charge is 0.466 e. The van der Waals surface area contributed by atoms with Crippen molar-refractivity contribution in [1.29, 1.82) is 0 Å². The Balaban J connectivity index is 2.29. The summed E-state index contributed by atoms with van der Waals surface area (Å²) in [5.74, 6) is 3.37. The first-order valence-electron chi connectivity index (χ1n) is 6.78. The highest BCUT2D eigenvalue weighted by atomic mass is 35.5. The summed E-state index contributed by atoms with van der Waals surface area (Å²) in [6.07, 6.45) is 0.757. The molecule has 1 unspecified atom stereocenters. The second-order valence-electron chi connectivity index (χ2n) is 4.99. The van der Waals surface area contributed by atoms with E-state index in [0.29, 0.717) is 5.15 Å². The molecule has 5 heteroatoms. The average Bonchev–Trinajstić information content (AvgIpc) is 2.73. The first-order chi connectivity index (χ1) is 9.42. The Bertz CT molecular complexity index is 622. The van der Waals surface area contributed by atoms with E-state index >= 15 is 0 Å². The highest BCUT2D eigenvalue weighted by Crippen LogP contribution is 2.27. The van der Waals surface area contributed by atoms with Crippen LogP contribution in [0.3, 0.4) is 0 Å². The van der Waals surface area contributed by atoms with Gasteiger partial charge in [0.05, 0.1) is 6.04 Å². The number of nitrogens with zero attached hydrogens (tertiary/aromatic N) is 2. The van der Waals surface area contributed by atoms with Crippen LogP contribution in [0.4, 0.5) is 5.82 Å². The maximum absolute atomic E-state index is 6.15. The van der Waals surface area contributed by atoms with Crippen molar-refractivity contribution < 1.29 is 4.42 Å². The summed E-state index contributed by atoms with van der Waals surface area (Å²) in [4.78, 5) is 8.77. The number of aryl methyl sites for hydroxylation is 3. The number of furan rings is 1. The third-order valence-electron chi connectivity index (χ3n) is 3.35. The minimum atomic E-state index is 0.0989. The lowest BCUT2D eigenvalue weighted by Crippen LogP contribution is -2.11. The summed E-state index contributed by atoms with van der Waals surface area (Å²) in [7, 11) is 0. The van der Waals surface area contributed by atoms with Gasteiger partial charge in [0.25, 0.3) is 0 Å². The van der Waals surface area contributed by atoms with Crippen LogP contribution in [-0.2, 0) is 6.42 Å². The second kappa shape index (κ2) is 5.83. The van der Waals surface area contributed by atoms with Crippen molar-refractivity contribution in [3.8, 4) is 0 Å². The molecule has 0 aliphatic carbocycles. The number of halogens is 1. The Morgan fingerprint density at radius 3 is 2.55 bits per heavy atom. The fourth-order valence-electron chi connectivity index (χ4n) is 2.19. The van der Waals surface area contributed by atoms with E-state index in [4.69, 9.17) is 16.0 Å². The SMILES string of the molecule is CCc1nc(Cl)c(C)c(NC(C)c2cc(C)oc2C)n1. The van der Waals surface area contributed by atoms with Crippen LogP contribution in [-0.4, -0.2) is 9.97 Å². The molecule has 0 radical (unpaired) electrons. The van der Waals surface area contributed by atoms with Gasteiger partial charge in [0.1, 0.15) is 28.3 Å². The van der Waals surface area contributed by atoms with Gasteiger partial charge >= 0.3 is 0 Å². The Labute approximate surface area is 124 Å². The van der Waals surface area contributed by atoms with E-state index in [1.807, 2.05) is 33.8 Å². The molecule has 0 saturated carbocycles. The van der Waals surface area contributed by atoms with E-state index in [9.17, 15) is 0 Å². The molecule has 2 aromatic heterocycles. The lowest BCUT2D eigenvalue weighted by molar-refractivity contribution is 0.499. The first-order valence-corrected chi connectivity index (χ1v) is 7.16. The summed E-state index contributed by atoms with van der Waals surface area (Å²) < 4.78 is 5.57. The zero-order valence-corrected chi connectivity index (χ0v) is 13.3. The number of rotatable bonds is 4. The Kier molecular flexibility index (Phi) is 4.33. The number of aromatic nitrogens is 2. The average molecular weight is 294 g/mol. The van der Waals surface area contributed by atoms with E-state index in [1.165, 1.54) is 0 Å². The van der Waals surface area contributed by atoms with Crippen LogP contribution in [0.5, 0.6) is 0 Å². The van der Waals surface area contributed by atoms with Gasteiger partial charge in [-0.3, -0.25) is 0 Å². The van der Waals surface area contributed by atoms with E-state index < -0.39 is 0 Å². The van der Waals surface area contributed by atoms with Gasteiger partial charge in [0.2, 0.25) is 0 Å². The third-order valence-corrected chi connectivity index (χ3v) is 3.72. The zero-order chi connectivity index (χ0) is 14.9. The van der Waals surface area contributed by atoms with Gasteiger partial charge in [0, 0.05) is 17.5 Å². The summed E-state index contributed by atoms with van der Waals surface area (Å²) in [5, 5.41) is 3.91. The molecule has 20 heavy (non-hydrogen) atoms. The van der Waals surface area contributed by atoms with Crippen molar-refractivity contribution in [2.75, 3.05) is 5.32 Å². The first kappa shape index (κ1) is 14.9. The summed E-state index contributed by atoms with van der Waals surface area (Å²) in [6, 6.07) is 2.15.